The lowest BCUT2D eigenvalue weighted by Gasteiger charge is -2.58. The summed E-state index contributed by atoms with van der Waals surface area (Å²) in [5.41, 5.74) is 13.1. The third-order valence-electron chi connectivity index (χ3n) is 16.4. The molecule has 3 fully saturated rings. The minimum Gasteiger partial charge on any atom is -0.396 e. The standard InChI is InChI=1S/C53H96N10O8/c1-36(2)9-6-10-37(3)41-13-14-42-40-12-11-38-33-39(17-19-52(38,4)43(40)18-20-53(41,42)5)61-46(65)15-16-47(66)62-45(51(70)60-29-27-57-25-22-55)35-49(68)63-44(34-48(67)58-28-26-56-24-21-54)50(69)59-23-7-31-71-32-8-30-64/h11,36-37,39-45,56-57,64H,6-10,12-35,54-55H2,1-5H3,(H,58,67)(H,59,69)(H,60,70)(H,61,65)(H,62,66)(H,63,68). The molecule has 4 aliphatic rings. The molecule has 0 spiro atoms. The summed E-state index contributed by atoms with van der Waals surface area (Å²) in [6.45, 7) is 16.5. The van der Waals surface area contributed by atoms with Gasteiger partial charge < -0.3 is 63.8 Å². The van der Waals surface area contributed by atoms with Crippen LogP contribution in [0.5, 0.6) is 0 Å². The molecule has 6 amide bonds. The predicted molar refractivity (Wildman–Crippen MR) is 277 cm³/mol. The number of carbonyl (C=O) groups excluding carboxylic acids is 6. The molecule has 4 rings (SSSR count). The van der Waals surface area contributed by atoms with Crippen LogP contribution < -0.4 is 54.0 Å². The quantitative estimate of drug-likeness (QED) is 0.0328. The summed E-state index contributed by atoms with van der Waals surface area (Å²) in [6.07, 6.45) is 15.5. The zero-order valence-corrected chi connectivity index (χ0v) is 44.2. The van der Waals surface area contributed by atoms with E-state index in [0.717, 1.165) is 55.3 Å². The number of carbonyl (C=O) groups is 6. The van der Waals surface area contributed by atoms with Crippen molar-refractivity contribution in [2.45, 2.75) is 162 Å². The molecule has 0 heterocycles. The van der Waals surface area contributed by atoms with Crippen molar-refractivity contribution >= 4 is 35.4 Å². The summed E-state index contributed by atoms with van der Waals surface area (Å²) in [5.74, 6) is 1.29. The third kappa shape index (κ3) is 19.0. The molecule has 0 aromatic heterocycles. The van der Waals surface area contributed by atoms with Gasteiger partial charge in [0.05, 0.1) is 12.8 Å². The molecule has 0 aliphatic heterocycles. The van der Waals surface area contributed by atoms with E-state index in [1.807, 2.05) is 0 Å². The first kappa shape index (κ1) is 59.9. The van der Waals surface area contributed by atoms with Crippen LogP contribution in [-0.2, 0) is 33.5 Å². The SMILES string of the molecule is CC(C)CCCC(C)C1CCC2C3CC=C4CC(NC(=O)CCC(=O)NC(CC(=O)NC(CC(=O)NCCNCCN)C(=O)NCCCOCCCO)C(=O)NCCNCCN)CCC4(C)C3CCC12C. The van der Waals surface area contributed by atoms with Gasteiger partial charge in [-0.2, -0.15) is 0 Å². The lowest BCUT2D eigenvalue weighted by atomic mass is 9.47. The third-order valence-corrected chi connectivity index (χ3v) is 16.4. The summed E-state index contributed by atoms with van der Waals surface area (Å²) in [7, 11) is 0. The van der Waals surface area contributed by atoms with Gasteiger partial charge in [0, 0.05) is 97.6 Å². The molecule has 0 aromatic carbocycles. The number of hydrogen-bond acceptors (Lipinski definition) is 12. The predicted octanol–water partition coefficient (Wildman–Crippen LogP) is 2.28. The van der Waals surface area contributed by atoms with Gasteiger partial charge >= 0.3 is 0 Å². The minimum absolute atomic E-state index is 0.0110. The van der Waals surface area contributed by atoms with E-state index < -0.39 is 48.0 Å². The zero-order chi connectivity index (χ0) is 51.8. The molecule has 0 aromatic rings. The summed E-state index contributed by atoms with van der Waals surface area (Å²) in [5, 5.41) is 31.8. The van der Waals surface area contributed by atoms with Crippen molar-refractivity contribution in [2.24, 2.45) is 57.8 Å². The lowest BCUT2D eigenvalue weighted by Crippen LogP contribution is -2.53. The second-order valence-corrected chi connectivity index (χ2v) is 22.0. The molecule has 13 N–H and O–H groups in total. The number of ether oxygens (including phenoxy) is 1. The fourth-order valence-electron chi connectivity index (χ4n) is 12.6. The molecule has 3 saturated carbocycles. The summed E-state index contributed by atoms with van der Waals surface area (Å²) < 4.78 is 5.43. The molecule has 0 bridgehead atoms. The fraction of sp³-hybridized carbons (Fsp3) is 0.849. The molecule has 18 nitrogen and oxygen atoms in total. The second-order valence-electron chi connectivity index (χ2n) is 22.0. The molecular weight excluding hydrogens is 905 g/mol. The highest BCUT2D eigenvalue weighted by atomic mass is 16.5. The normalized spacial score (nSPS) is 25.9. The van der Waals surface area contributed by atoms with Gasteiger partial charge in [-0.3, -0.25) is 28.8 Å². The van der Waals surface area contributed by atoms with Gasteiger partial charge in [-0.1, -0.05) is 65.5 Å². The first-order valence-corrected chi connectivity index (χ1v) is 27.5. The number of hydrogen-bond donors (Lipinski definition) is 11. The Kier molecular flexibility index (Phi) is 26.3. The summed E-state index contributed by atoms with van der Waals surface area (Å²) >= 11 is 0. The van der Waals surface area contributed by atoms with Crippen molar-refractivity contribution in [3.63, 3.8) is 0 Å². The number of nitrogens with one attached hydrogen (secondary N) is 8. The van der Waals surface area contributed by atoms with Gasteiger partial charge in [-0.25, -0.2) is 0 Å². The molecule has 0 saturated heterocycles. The Morgan fingerprint density at radius 1 is 0.690 bits per heavy atom. The highest BCUT2D eigenvalue weighted by molar-refractivity contribution is 5.95. The van der Waals surface area contributed by atoms with Gasteiger partial charge in [0.25, 0.3) is 0 Å². The summed E-state index contributed by atoms with van der Waals surface area (Å²) in [4.78, 5) is 80.1. The van der Waals surface area contributed by atoms with Gasteiger partial charge in [0.15, 0.2) is 0 Å². The number of rotatable bonds is 34. The molecule has 406 valence electrons. The number of amides is 6. The van der Waals surface area contributed by atoms with Crippen LogP contribution in [0.25, 0.3) is 0 Å². The van der Waals surface area contributed by atoms with Crippen LogP contribution in [0.3, 0.4) is 0 Å². The second kappa shape index (κ2) is 31.1. The molecule has 4 aliphatic carbocycles. The van der Waals surface area contributed by atoms with Crippen molar-refractivity contribution in [1.29, 1.82) is 0 Å². The Morgan fingerprint density at radius 3 is 2.00 bits per heavy atom. The molecule has 10 atom stereocenters. The van der Waals surface area contributed by atoms with E-state index in [1.54, 1.807) is 0 Å². The highest BCUT2D eigenvalue weighted by Crippen LogP contribution is 2.67. The Hall–Kier alpha value is -3.68. The number of aliphatic hydroxyl groups excluding tert-OH is 1. The first-order chi connectivity index (χ1) is 34.1. The maximum Gasteiger partial charge on any atom is 0.243 e. The number of fused-ring (bicyclic) bond motifs is 5. The minimum atomic E-state index is -1.33. The van der Waals surface area contributed by atoms with Crippen LogP contribution in [0, 0.1) is 46.3 Å². The molecule has 18 heteroatoms. The molecule has 0 radical (unpaired) electrons. The van der Waals surface area contributed by atoms with Gasteiger partial charge in [-0.15, -0.1) is 0 Å². The van der Waals surface area contributed by atoms with E-state index >= 15 is 0 Å². The number of nitrogens with two attached hydrogens (primary N) is 2. The van der Waals surface area contributed by atoms with Gasteiger partial charge in [-0.05, 0) is 111 Å². The van der Waals surface area contributed by atoms with Crippen molar-refractivity contribution in [3.05, 3.63) is 11.6 Å². The van der Waals surface area contributed by atoms with Crippen LogP contribution in [0.2, 0.25) is 0 Å². The Balaban J connectivity index is 1.32. The van der Waals surface area contributed by atoms with E-state index in [4.69, 9.17) is 21.3 Å². The van der Waals surface area contributed by atoms with Crippen molar-refractivity contribution in [2.75, 3.05) is 78.7 Å². The Morgan fingerprint density at radius 2 is 1.32 bits per heavy atom. The van der Waals surface area contributed by atoms with E-state index in [9.17, 15) is 28.8 Å². The maximum absolute atomic E-state index is 13.6. The van der Waals surface area contributed by atoms with Crippen molar-refractivity contribution < 1.29 is 38.6 Å². The Bertz CT molecular complexity index is 1720. The van der Waals surface area contributed by atoms with Crippen LogP contribution in [0.1, 0.15) is 144 Å². The fourth-order valence-corrected chi connectivity index (χ4v) is 12.6. The maximum atomic E-state index is 13.6. The van der Waals surface area contributed by atoms with Gasteiger partial charge in [0.2, 0.25) is 35.4 Å². The molecular formula is C53H96N10O8. The average Bonchev–Trinajstić information content (AvgIpc) is 3.69. The van der Waals surface area contributed by atoms with Gasteiger partial charge in [0.1, 0.15) is 12.1 Å². The summed E-state index contributed by atoms with van der Waals surface area (Å²) in [6, 6.07) is -2.62. The smallest absolute Gasteiger partial charge is 0.243 e. The van der Waals surface area contributed by atoms with Crippen molar-refractivity contribution in [1.82, 2.24) is 42.5 Å². The van der Waals surface area contributed by atoms with E-state index in [-0.39, 0.29) is 62.9 Å². The molecule has 71 heavy (non-hydrogen) atoms. The number of allylic oxidation sites excluding steroid dienone is 1. The van der Waals surface area contributed by atoms with E-state index in [2.05, 4.69) is 83.2 Å². The van der Waals surface area contributed by atoms with E-state index in [0.29, 0.717) is 76.7 Å². The topological polar surface area (TPSA) is 280 Å². The van der Waals surface area contributed by atoms with Crippen LogP contribution in [0.15, 0.2) is 11.6 Å². The lowest BCUT2D eigenvalue weighted by molar-refractivity contribution is -0.134. The molecule has 10 unspecified atom stereocenters. The first-order valence-electron chi connectivity index (χ1n) is 27.5. The van der Waals surface area contributed by atoms with E-state index in [1.165, 1.54) is 50.5 Å². The highest BCUT2D eigenvalue weighted by Gasteiger charge is 2.59. The Labute approximate surface area is 425 Å². The van der Waals surface area contributed by atoms with Crippen LogP contribution >= 0.6 is 0 Å². The van der Waals surface area contributed by atoms with Crippen LogP contribution in [-0.4, -0.2) is 137 Å². The largest absolute Gasteiger partial charge is 0.396 e. The monoisotopic (exact) mass is 1000 g/mol. The van der Waals surface area contributed by atoms with Crippen molar-refractivity contribution in [3.8, 4) is 0 Å². The van der Waals surface area contributed by atoms with Crippen LogP contribution in [0.4, 0.5) is 0 Å². The zero-order valence-electron chi connectivity index (χ0n) is 44.2. The number of aliphatic hydroxyl groups is 1. The average molecular weight is 1000 g/mol.